The molecular formula is C9H8BrNO6. The lowest BCUT2D eigenvalue weighted by atomic mass is 10.1. The third kappa shape index (κ3) is 2.71. The molecule has 0 saturated carbocycles. The summed E-state index contributed by atoms with van der Waals surface area (Å²) >= 11 is 3.02. The molecule has 0 spiro atoms. The van der Waals surface area contributed by atoms with Gasteiger partial charge in [-0.05, 0) is 15.9 Å². The molecule has 0 saturated heterocycles. The first-order chi connectivity index (χ1) is 7.88. The summed E-state index contributed by atoms with van der Waals surface area (Å²) in [6, 6.07) is 2.10. The fourth-order valence-electron chi connectivity index (χ4n) is 1.19. The summed E-state index contributed by atoms with van der Waals surface area (Å²) in [7, 11) is 1.28. The lowest BCUT2D eigenvalue weighted by Gasteiger charge is -2.11. The second kappa shape index (κ2) is 5.11. The second-order valence-corrected chi connectivity index (χ2v) is 3.84. The Morgan fingerprint density at radius 3 is 2.59 bits per heavy atom. The van der Waals surface area contributed by atoms with Crippen LogP contribution in [0.2, 0.25) is 0 Å². The number of rotatable bonds is 4. The number of carbonyl (C=O) groups is 1. The van der Waals surface area contributed by atoms with Gasteiger partial charge in [0, 0.05) is 11.6 Å². The smallest absolute Gasteiger partial charge is 0.337 e. The maximum Gasteiger partial charge on any atom is 0.337 e. The zero-order valence-electron chi connectivity index (χ0n) is 8.58. The lowest BCUT2D eigenvalue weighted by molar-refractivity contribution is -0.385. The highest BCUT2D eigenvalue weighted by Crippen LogP contribution is 2.36. The van der Waals surface area contributed by atoms with Gasteiger partial charge < -0.3 is 14.9 Å². The van der Waals surface area contributed by atoms with Crippen molar-refractivity contribution in [2.24, 2.45) is 0 Å². The van der Waals surface area contributed by atoms with Crippen LogP contribution in [0.1, 0.15) is 11.7 Å². The molecule has 0 amide bonds. The Morgan fingerprint density at radius 2 is 2.18 bits per heavy atom. The van der Waals surface area contributed by atoms with Crippen molar-refractivity contribution in [3.63, 3.8) is 0 Å². The lowest BCUT2D eigenvalue weighted by Crippen LogP contribution is -2.12. The van der Waals surface area contributed by atoms with E-state index >= 15 is 0 Å². The molecule has 1 rings (SSSR count). The van der Waals surface area contributed by atoms with Gasteiger partial charge in [0.25, 0.3) is 5.69 Å². The van der Waals surface area contributed by atoms with Crippen LogP contribution in [0.5, 0.6) is 5.75 Å². The quantitative estimate of drug-likeness (QED) is 0.644. The Balaban J connectivity index is 3.42. The number of aliphatic hydroxyl groups is 1. The van der Waals surface area contributed by atoms with Crippen LogP contribution in [0.3, 0.4) is 0 Å². The zero-order valence-corrected chi connectivity index (χ0v) is 10.2. The summed E-state index contributed by atoms with van der Waals surface area (Å²) in [5.41, 5.74) is -0.496. The molecule has 92 valence electrons. The minimum atomic E-state index is -1.86. The Morgan fingerprint density at radius 1 is 1.59 bits per heavy atom. The van der Waals surface area contributed by atoms with E-state index in [1.165, 1.54) is 7.11 Å². The SMILES string of the molecule is COc1cc([N+](=O)[O-])cc(C(O)C(=O)O)c1Br. The van der Waals surface area contributed by atoms with Gasteiger partial charge in [0.15, 0.2) is 6.10 Å². The van der Waals surface area contributed by atoms with Crippen molar-refractivity contribution in [2.45, 2.75) is 6.10 Å². The van der Waals surface area contributed by atoms with Gasteiger partial charge in [0.1, 0.15) is 5.75 Å². The van der Waals surface area contributed by atoms with Crippen LogP contribution in [-0.2, 0) is 4.79 Å². The Bertz CT molecular complexity index is 475. The second-order valence-electron chi connectivity index (χ2n) is 3.05. The van der Waals surface area contributed by atoms with Crippen molar-refractivity contribution in [3.05, 3.63) is 32.3 Å². The fraction of sp³-hybridized carbons (Fsp3) is 0.222. The molecule has 1 atom stereocenters. The van der Waals surface area contributed by atoms with E-state index in [2.05, 4.69) is 15.9 Å². The summed E-state index contributed by atoms with van der Waals surface area (Å²) in [6.07, 6.45) is -1.86. The van der Waals surface area contributed by atoms with E-state index in [9.17, 15) is 20.0 Å². The number of aliphatic carboxylic acids is 1. The summed E-state index contributed by atoms with van der Waals surface area (Å²) < 4.78 is 5.02. The van der Waals surface area contributed by atoms with Crippen LogP contribution in [0, 0.1) is 10.1 Å². The molecule has 8 heteroatoms. The number of aliphatic hydroxyl groups excluding tert-OH is 1. The first-order valence-electron chi connectivity index (χ1n) is 4.31. The van der Waals surface area contributed by atoms with Crippen LogP contribution in [-0.4, -0.2) is 28.2 Å². The molecular weight excluding hydrogens is 298 g/mol. The average Bonchev–Trinajstić information content (AvgIpc) is 2.27. The molecule has 0 radical (unpaired) electrons. The molecule has 1 unspecified atom stereocenters. The highest BCUT2D eigenvalue weighted by atomic mass is 79.9. The summed E-state index contributed by atoms with van der Waals surface area (Å²) in [5, 5.41) is 28.7. The molecule has 1 aromatic carbocycles. The van der Waals surface area contributed by atoms with Crippen molar-refractivity contribution < 1.29 is 24.7 Å². The number of non-ortho nitro benzene ring substituents is 1. The molecule has 17 heavy (non-hydrogen) atoms. The number of nitrogens with zero attached hydrogens (tertiary/aromatic N) is 1. The standard InChI is InChI=1S/C9H8BrNO6/c1-17-6-3-4(11(15)16)2-5(7(6)10)8(12)9(13)14/h2-3,8,12H,1H3,(H,13,14). The maximum atomic E-state index is 10.7. The number of methoxy groups -OCH3 is 1. The number of nitro groups is 1. The maximum absolute atomic E-state index is 10.7. The third-order valence-electron chi connectivity index (χ3n) is 2.01. The minimum Gasteiger partial charge on any atom is -0.495 e. The van der Waals surface area contributed by atoms with Crippen molar-refractivity contribution in [3.8, 4) is 5.75 Å². The fourth-order valence-corrected chi connectivity index (χ4v) is 1.80. The molecule has 0 aliphatic heterocycles. The predicted octanol–water partition coefficient (Wildman–Crippen LogP) is 1.48. The van der Waals surface area contributed by atoms with E-state index in [1.54, 1.807) is 0 Å². The van der Waals surface area contributed by atoms with Crippen LogP contribution in [0.25, 0.3) is 0 Å². The number of ether oxygens (including phenoxy) is 1. The summed E-state index contributed by atoms with van der Waals surface area (Å²) in [4.78, 5) is 20.6. The molecule has 0 heterocycles. The van der Waals surface area contributed by atoms with Gasteiger partial charge in [-0.15, -0.1) is 0 Å². The van der Waals surface area contributed by atoms with Gasteiger partial charge in [-0.1, -0.05) is 0 Å². The van der Waals surface area contributed by atoms with Gasteiger partial charge in [-0.2, -0.15) is 0 Å². The van der Waals surface area contributed by atoms with Crippen molar-refractivity contribution in [2.75, 3.05) is 7.11 Å². The van der Waals surface area contributed by atoms with E-state index < -0.39 is 17.0 Å². The molecule has 0 aromatic heterocycles. The van der Waals surface area contributed by atoms with Gasteiger partial charge >= 0.3 is 5.97 Å². The molecule has 0 bridgehead atoms. The van der Waals surface area contributed by atoms with E-state index in [-0.39, 0.29) is 21.5 Å². The molecule has 0 fully saturated rings. The van der Waals surface area contributed by atoms with E-state index in [4.69, 9.17) is 9.84 Å². The van der Waals surface area contributed by atoms with E-state index in [0.29, 0.717) is 0 Å². The van der Waals surface area contributed by atoms with Crippen molar-refractivity contribution in [1.29, 1.82) is 0 Å². The van der Waals surface area contributed by atoms with Crippen LogP contribution >= 0.6 is 15.9 Å². The number of benzene rings is 1. The van der Waals surface area contributed by atoms with Crippen LogP contribution in [0.15, 0.2) is 16.6 Å². The van der Waals surface area contributed by atoms with Gasteiger partial charge in [0.2, 0.25) is 0 Å². The monoisotopic (exact) mass is 305 g/mol. The largest absolute Gasteiger partial charge is 0.495 e. The highest BCUT2D eigenvalue weighted by Gasteiger charge is 2.24. The normalized spacial score (nSPS) is 11.9. The first kappa shape index (κ1) is 13.4. The molecule has 0 aliphatic rings. The number of carboxylic acids is 1. The van der Waals surface area contributed by atoms with Crippen LogP contribution in [0.4, 0.5) is 5.69 Å². The topological polar surface area (TPSA) is 110 Å². The van der Waals surface area contributed by atoms with Crippen molar-refractivity contribution in [1.82, 2.24) is 0 Å². The Hall–Kier alpha value is -1.67. The van der Waals surface area contributed by atoms with Gasteiger partial charge in [-0.25, -0.2) is 4.79 Å². The van der Waals surface area contributed by atoms with Crippen LogP contribution < -0.4 is 4.74 Å². The van der Waals surface area contributed by atoms with Gasteiger partial charge in [-0.3, -0.25) is 10.1 Å². The third-order valence-corrected chi connectivity index (χ3v) is 2.86. The number of halogens is 1. The minimum absolute atomic E-state index is 0.0782. The average molecular weight is 306 g/mol. The highest BCUT2D eigenvalue weighted by molar-refractivity contribution is 9.10. The Labute approximate surface area is 104 Å². The Kier molecular flexibility index (Phi) is 4.02. The molecule has 1 aromatic rings. The predicted molar refractivity (Wildman–Crippen MR) is 59.9 cm³/mol. The number of nitro benzene ring substituents is 1. The van der Waals surface area contributed by atoms with Gasteiger partial charge in [0.05, 0.1) is 22.6 Å². The summed E-state index contributed by atoms with van der Waals surface area (Å²) in [6.45, 7) is 0. The van der Waals surface area contributed by atoms with E-state index in [1.807, 2.05) is 0 Å². The number of carboxylic acid groups (broad SMARTS) is 1. The zero-order chi connectivity index (χ0) is 13.2. The van der Waals surface area contributed by atoms with E-state index in [0.717, 1.165) is 12.1 Å². The molecule has 2 N–H and O–H groups in total. The molecule has 0 aliphatic carbocycles. The van der Waals surface area contributed by atoms with Crippen molar-refractivity contribution >= 4 is 27.6 Å². The summed E-state index contributed by atoms with van der Waals surface area (Å²) in [5.74, 6) is -1.43. The first-order valence-corrected chi connectivity index (χ1v) is 5.10. The number of hydrogen-bond donors (Lipinski definition) is 2. The number of hydrogen-bond acceptors (Lipinski definition) is 5. The molecule has 7 nitrogen and oxygen atoms in total.